The molecule has 35 heavy (non-hydrogen) atoms. The first-order valence-corrected chi connectivity index (χ1v) is 13.1. The predicted molar refractivity (Wildman–Crippen MR) is 123 cm³/mol. The van der Waals surface area contributed by atoms with Crippen LogP contribution in [-0.4, -0.2) is 29.5 Å². The van der Waals surface area contributed by atoms with Gasteiger partial charge in [-0.25, -0.2) is 26.6 Å². The minimum Gasteiger partial charge on any atom is -0.348 e. The first-order valence-electron chi connectivity index (χ1n) is 11.1. The zero-order valence-corrected chi connectivity index (χ0v) is 19.8. The van der Waals surface area contributed by atoms with E-state index in [1.165, 1.54) is 18.2 Å². The number of carbonyl (C=O) groups is 1. The third-order valence-electron chi connectivity index (χ3n) is 7.02. The van der Waals surface area contributed by atoms with E-state index in [9.17, 15) is 26.4 Å². The van der Waals surface area contributed by atoms with Crippen LogP contribution in [-0.2, 0) is 9.84 Å². The number of amides is 1. The van der Waals surface area contributed by atoms with Gasteiger partial charge in [0.05, 0.1) is 15.2 Å². The summed E-state index contributed by atoms with van der Waals surface area (Å²) in [5, 5.41) is 1.64. The Morgan fingerprint density at radius 1 is 1.06 bits per heavy atom. The third-order valence-corrected chi connectivity index (χ3v) is 9.90. The molecule has 2 aliphatic rings. The van der Waals surface area contributed by atoms with Gasteiger partial charge in [0.25, 0.3) is 5.91 Å². The Morgan fingerprint density at radius 2 is 1.71 bits per heavy atom. The molecule has 5 rings (SSSR count). The van der Waals surface area contributed by atoms with E-state index in [1.54, 1.807) is 12.4 Å². The van der Waals surface area contributed by atoms with Crippen molar-refractivity contribution in [2.45, 2.75) is 41.7 Å². The van der Waals surface area contributed by atoms with Crippen LogP contribution in [0.2, 0.25) is 5.02 Å². The summed E-state index contributed by atoms with van der Waals surface area (Å²) in [6.45, 7) is 0. The third kappa shape index (κ3) is 4.33. The minimum atomic E-state index is -3.88. The highest BCUT2D eigenvalue weighted by Crippen LogP contribution is 2.52. The number of hydrogen-bond acceptors (Lipinski definition) is 4. The molecule has 0 saturated heterocycles. The summed E-state index contributed by atoms with van der Waals surface area (Å²) in [4.78, 5) is 20.0. The second-order valence-corrected chi connectivity index (χ2v) is 11.6. The summed E-state index contributed by atoms with van der Waals surface area (Å²) in [6.07, 6.45) is 6.38. The largest absolute Gasteiger partial charge is 0.348 e. The van der Waals surface area contributed by atoms with Gasteiger partial charge in [0.1, 0.15) is 5.82 Å². The van der Waals surface area contributed by atoms with Gasteiger partial charge in [0, 0.05) is 41.7 Å². The Bertz CT molecular complexity index is 1360. The van der Waals surface area contributed by atoms with Crippen LogP contribution in [0.15, 0.2) is 47.6 Å². The fraction of sp³-hybridized carbons (Fsp3) is 0.333. The van der Waals surface area contributed by atoms with E-state index in [2.05, 4.69) is 15.3 Å². The molecule has 2 aliphatic carbocycles. The van der Waals surface area contributed by atoms with Crippen LogP contribution in [0.4, 0.5) is 18.9 Å². The fourth-order valence-electron chi connectivity index (χ4n) is 5.54. The number of halogens is 4. The Balaban J connectivity index is 1.41. The first-order chi connectivity index (χ1) is 16.6. The van der Waals surface area contributed by atoms with Crippen molar-refractivity contribution in [2.24, 2.45) is 11.8 Å². The van der Waals surface area contributed by atoms with E-state index in [4.69, 9.17) is 11.6 Å². The summed E-state index contributed by atoms with van der Waals surface area (Å²) in [5.41, 5.74) is -0.366. The van der Waals surface area contributed by atoms with Crippen molar-refractivity contribution >= 4 is 33.0 Å². The van der Waals surface area contributed by atoms with Crippen molar-refractivity contribution in [1.29, 1.82) is 0 Å². The molecule has 2 N–H and O–H groups in total. The maximum absolute atomic E-state index is 13.7. The summed E-state index contributed by atoms with van der Waals surface area (Å²) in [6, 6.07) is 5.08. The Kier molecular flexibility index (Phi) is 6.13. The minimum absolute atomic E-state index is 0.00650. The highest BCUT2D eigenvalue weighted by Gasteiger charge is 2.50. The van der Waals surface area contributed by atoms with E-state index in [1.807, 2.05) is 0 Å². The van der Waals surface area contributed by atoms with E-state index >= 15 is 0 Å². The van der Waals surface area contributed by atoms with Crippen molar-refractivity contribution in [1.82, 2.24) is 9.97 Å². The van der Waals surface area contributed by atoms with E-state index in [0.717, 1.165) is 18.7 Å². The smallest absolute Gasteiger partial charge is 0.255 e. The number of aromatic nitrogens is 2. The second-order valence-electron chi connectivity index (χ2n) is 9.10. The Labute approximate surface area is 204 Å². The molecule has 2 unspecified atom stereocenters. The van der Waals surface area contributed by atoms with Crippen molar-refractivity contribution in [3.05, 3.63) is 76.6 Å². The van der Waals surface area contributed by atoms with E-state index < -0.39 is 38.4 Å². The van der Waals surface area contributed by atoms with E-state index in [-0.39, 0.29) is 38.9 Å². The van der Waals surface area contributed by atoms with Crippen molar-refractivity contribution in [2.75, 3.05) is 5.32 Å². The lowest BCUT2D eigenvalue weighted by atomic mass is 9.80. The number of nitrogens with one attached hydrogen (secondary N) is 2. The molecule has 1 amide bonds. The molecule has 0 aliphatic heterocycles. The molecule has 184 valence electrons. The number of nitrogens with zero attached hydrogens (tertiary/aromatic N) is 1. The molecule has 2 bridgehead atoms. The number of carbonyl (C=O) groups excluding carboxylic acids is 1. The molecule has 2 aromatic carbocycles. The highest BCUT2D eigenvalue weighted by atomic mass is 35.5. The number of anilines is 1. The standard InChI is InChI=1S/C24H21ClF3N3O3S/c25-17-4-3-14(24(32)31-16-10-18(26)21(28)19(27)11-16)9-20(17)35(33,34)22-12-1-2-13(22)8-15(7-12)23-29-5-6-30-23/h3-6,9-13,15,22H,1-2,7-8H2,(H,29,30)(H,31,32)/t12-,13?,15+,22?/m0/s1. The molecular weight excluding hydrogens is 503 g/mol. The van der Waals surface area contributed by atoms with Crippen molar-refractivity contribution in [3.8, 4) is 0 Å². The topological polar surface area (TPSA) is 91.9 Å². The van der Waals surface area contributed by atoms with Crippen molar-refractivity contribution < 1.29 is 26.4 Å². The molecule has 1 aromatic heterocycles. The average Bonchev–Trinajstić information content (AvgIpc) is 3.44. The molecule has 1 heterocycles. The molecule has 0 spiro atoms. The zero-order chi connectivity index (χ0) is 24.9. The number of benzene rings is 2. The van der Waals surface area contributed by atoms with Crippen LogP contribution in [0.1, 0.15) is 47.8 Å². The maximum atomic E-state index is 13.7. The van der Waals surface area contributed by atoms with Crippen LogP contribution >= 0.6 is 11.6 Å². The molecule has 4 atom stereocenters. The Morgan fingerprint density at radius 3 is 2.31 bits per heavy atom. The molecule has 11 heteroatoms. The van der Waals surface area contributed by atoms with Gasteiger partial charge in [-0.1, -0.05) is 11.6 Å². The van der Waals surface area contributed by atoms with Gasteiger partial charge < -0.3 is 10.3 Å². The molecule has 2 fully saturated rings. The maximum Gasteiger partial charge on any atom is 0.255 e. The van der Waals surface area contributed by atoms with Gasteiger partial charge >= 0.3 is 0 Å². The van der Waals surface area contributed by atoms with Crippen LogP contribution in [0.5, 0.6) is 0 Å². The zero-order valence-electron chi connectivity index (χ0n) is 18.3. The number of rotatable bonds is 5. The fourth-order valence-corrected chi connectivity index (χ4v) is 8.42. The number of aromatic amines is 1. The number of imidazole rings is 1. The van der Waals surface area contributed by atoms with E-state index in [0.29, 0.717) is 25.0 Å². The quantitative estimate of drug-likeness (QED) is 0.433. The second kappa shape index (κ2) is 8.98. The average molecular weight is 524 g/mol. The molecular formula is C24H21ClF3N3O3S. The Hall–Kier alpha value is -2.85. The van der Waals surface area contributed by atoms with Gasteiger partial charge in [-0.05, 0) is 55.7 Å². The molecule has 6 nitrogen and oxygen atoms in total. The monoisotopic (exact) mass is 523 g/mol. The molecule has 3 aromatic rings. The summed E-state index contributed by atoms with van der Waals surface area (Å²) in [7, 11) is -3.88. The van der Waals surface area contributed by atoms with Gasteiger partial charge in [0.15, 0.2) is 27.3 Å². The predicted octanol–water partition coefficient (Wildman–Crippen LogP) is 5.48. The van der Waals surface area contributed by atoms with Gasteiger partial charge in [-0.3, -0.25) is 4.79 Å². The lowest BCUT2D eigenvalue weighted by molar-refractivity contribution is 0.102. The van der Waals surface area contributed by atoms with Crippen LogP contribution < -0.4 is 5.32 Å². The number of H-pyrrole nitrogens is 1. The van der Waals surface area contributed by atoms with Crippen LogP contribution in [0, 0.1) is 29.3 Å². The first kappa shape index (κ1) is 23.9. The molecule has 2 saturated carbocycles. The van der Waals surface area contributed by atoms with Crippen LogP contribution in [0.25, 0.3) is 0 Å². The summed E-state index contributed by atoms with van der Waals surface area (Å²) in [5.74, 6) is -4.48. The SMILES string of the molecule is O=C(Nc1cc(F)c(F)c(F)c1)c1ccc(Cl)c(S(=O)(=O)C2C3CC[C@H]2C[C@@H](c2ncc[nH]2)C3)c1. The summed E-state index contributed by atoms with van der Waals surface area (Å²) >= 11 is 6.28. The summed E-state index contributed by atoms with van der Waals surface area (Å²) < 4.78 is 67.7. The number of hydrogen-bond donors (Lipinski definition) is 2. The van der Waals surface area contributed by atoms with Crippen LogP contribution in [0.3, 0.4) is 0 Å². The van der Waals surface area contributed by atoms with Gasteiger partial charge in [0.2, 0.25) is 0 Å². The lowest BCUT2D eigenvalue weighted by Gasteiger charge is -2.34. The van der Waals surface area contributed by atoms with Gasteiger partial charge in [-0.15, -0.1) is 0 Å². The molecule has 0 radical (unpaired) electrons. The normalized spacial score (nSPS) is 23.9. The lowest BCUT2D eigenvalue weighted by Crippen LogP contribution is -2.37. The van der Waals surface area contributed by atoms with Gasteiger partial charge in [-0.2, -0.15) is 0 Å². The number of sulfone groups is 1. The number of fused-ring (bicyclic) bond motifs is 2. The van der Waals surface area contributed by atoms with Crippen molar-refractivity contribution in [3.63, 3.8) is 0 Å². The highest BCUT2D eigenvalue weighted by molar-refractivity contribution is 7.92.